The zero-order valence-corrected chi connectivity index (χ0v) is 12.6. The fourth-order valence-electron chi connectivity index (χ4n) is 2.15. The van der Waals surface area contributed by atoms with Crippen LogP contribution in [0.2, 0.25) is 0 Å². The highest BCUT2D eigenvalue weighted by Crippen LogP contribution is 2.29. The highest BCUT2D eigenvalue weighted by molar-refractivity contribution is 7.89. The maximum atomic E-state index is 12.2. The van der Waals surface area contributed by atoms with Gasteiger partial charge in [-0.3, -0.25) is 0 Å². The number of nitrogens with two attached hydrogens (primary N) is 1. The van der Waals surface area contributed by atoms with Gasteiger partial charge >= 0.3 is 0 Å². The molecule has 0 spiro atoms. The first kappa shape index (κ1) is 15.1. The number of hydrogen-bond donors (Lipinski definition) is 2. The summed E-state index contributed by atoms with van der Waals surface area (Å²) in [7, 11) is -0.540. The summed E-state index contributed by atoms with van der Waals surface area (Å²) < 4.78 is 30.9. The summed E-state index contributed by atoms with van der Waals surface area (Å²) in [6, 6.07) is 5.30. The first-order chi connectivity index (χ1) is 9.43. The van der Waals surface area contributed by atoms with E-state index in [1.807, 2.05) is 0 Å². The Bertz CT molecular complexity index is 566. The Labute approximate surface area is 120 Å². The van der Waals surface area contributed by atoms with Gasteiger partial charge in [0.25, 0.3) is 0 Å². The number of anilines is 2. The molecule has 112 valence electrons. The van der Waals surface area contributed by atoms with E-state index in [2.05, 4.69) is 5.32 Å². The van der Waals surface area contributed by atoms with Gasteiger partial charge in [0.15, 0.2) is 0 Å². The lowest BCUT2D eigenvalue weighted by Crippen LogP contribution is -2.29. The minimum absolute atomic E-state index is 0.138. The summed E-state index contributed by atoms with van der Waals surface area (Å²) in [4.78, 5) is 0.138. The van der Waals surface area contributed by atoms with Crippen molar-refractivity contribution in [3.05, 3.63) is 18.2 Å². The number of ether oxygens (including phenoxy) is 1. The van der Waals surface area contributed by atoms with Crippen LogP contribution in [0.15, 0.2) is 23.1 Å². The smallest absolute Gasteiger partial charge is 0.244 e. The number of hydrogen-bond acceptors (Lipinski definition) is 5. The molecule has 0 amide bonds. The molecule has 1 heterocycles. The zero-order valence-electron chi connectivity index (χ0n) is 11.8. The maximum Gasteiger partial charge on any atom is 0.244 e. The van der Waals surface area contributed by atoms with Crippen molar-refractivity contribution in [2.45, 2.75) is 23.8 Å². The normalized spacial score (nSPS) is 17.4. The second-order valence-electron chi connectivity index (χ2n) is 5.04. The van der Waals surface area contributed by atoms with Gasteiger partial charge in [0, 0.05) is 33.4 Å². The van der Waals surface area contributed by atoms with Crippen molar-refractivity contribution < 1.29 is 13.2 Å². The van der Waals surface area contributed by atoms with Crippen molar-refractivity contribution in [2.24, 2.45) is 0 Å². The Morgan fingerprint density at radius 1 is 1.30 bits per heavy atom. The highest BCUT2D eigenvalue weighted by atomic mass is 32.2. The predicted octanol–water partition coefficient (Wildman–Crippen LogP) is 1.11. The van der Waals surface area contributed by atoms with Crippen molar-refractivity contribution in [1.82, 2.24) is 4.31 Å². The third-order valence-electron chi connectivity index (χ3n) is 3.41. The Hall–Kier alpha value is -1.31. The summed E-state index contributed by atoms with van der Waals surface area (Å²) in [6.45, 7) is 1.43. The van der Waals surface area contributed by atoms with Gasteiger partial charge in [-0.25, -0.2) is 12.7 Å². The number of benzene rings is 1. The molecule has 1 saturated heterocycles. The first-order valence-electron chi connectivity index (χ1n) is 6.58. The van der Waals surface area contributed by atoms with Crippen molar-refractivity contribution in [3.8, 4) is 0 Å². The van der Waals surface area contributed by atoms with Gasteiger partial charge in [-0.15, -0.1) is 0 Å². The van der Waals surface area contributed by atoms with E-state index in [0.717, 1.165) is 17.1 Å². The predicted molar refractivity (Wildman–Crippen MR) is 79.2 cm³/mol. The molecule has 20 heavy (non-hydrogen) atoms. The van der Waals surface area contributed by atoms with Crippen LogP contribution in [0.5, 0.6) is 0 Å². The molecule has 0 unspecified atom stereocenters. The topological polar surface area (TPSA) is 84.7 Å². The molecule has 1 fully saturated rings. The van der Waals surface area contributed by atoms with E-state index in [1.54, 1.807) is 12.1 Å². The lowest BCUT2D eigenvalue weighted by molar-refractivity contribution is 0.0904. The molecule has 0 bridgehead atoms. The Kier molecular flexibility index (Phi) is 4.52. The molecule has 0 atom stereocenters. The number of nitrogens with zero attached hydrogens (tertiary/aromatic N) is 1. The number of sulfonamides is 1. The second-order valence-corrected chi connectivity index (χ2v) is 7.16. The fourth-order valence-corrected chi connectivity index (χ4v) is 3.19. The largest absolute Gasteiger partial charge is 0.396 e. The van der Waals surface area contributed by atoms with Crippen LogP contribution in [0.25, 0.3) is 0 Å². The van der Waals surface area contributed by atoms with Crippen LogP contribution >= 0.6 is 0 Å². The van der Waals surface area contributed by atoms with Gasteiger partial charge in [-0.2, -0.15) is 0 Å². The number of rotatable bonds is 4. The van der Waals surface area contributed by atoms with Crippen LogP contribution in [0, 0.1) is 0 Å². The molecule has 0 radical (unpaired) electrons. The van der Waals surface area contributed by atoms with Gasteiger partial charge < -0.3 is 15.8 Å². The van der Waals surface area contributed by atoms with Crippen LogP contribution in [0.1, 0.15) is 12.8 Å². The molecule has 0 saturated carbocycles. The average molecular weight is 299 g/mol. The van der Waals surface area contributed by atoms with E-state index >= 15 is 0 Å². The standard InChI is InChI=1S/C13H21N3O3S/c1-16(2)20(17,18)12-5-3-4-11(13(12)14)15-10-6-8-19-9-7-10/h3-5,10,15H,6-9,14H2,1-2H3. The van der Waals surface area contributed by atoms with Crippen LogP contribution in [0.3, 0.4) is 0 Å². The molecular weight excluding hydrogens is 278 g/mol. The maximum absolute atomic E-state index is 12.2. The molecule has 1 aromatic rings. The van der Waals surface area contributed by atoms with Crippen molar-refractivity contribution in [3.63, 3.8) is 0 Å². The van der Waals surface area contributed by atoms with Gasteiger partial charge in [0.1, 0.15) is 4.90 Å². The van der Waals surface area contributed by atoms with Crippen LogP contribution in [-0.4, -0.2) is 46.1 Å². The number of para-hydroxylation sites is 1. The number of nitrogen functional groups attached to an aromatic ring is 1. The minimum atomic E-state index is -3.53. The van der Waals surface area contributed by atoms with Crippen molar-refractivity contribution in [2.75, 3.05) is 38.4 Å². The monoisotopic (exact) mass is 299 g/mol. The lowest BCUT2D eigenvalue weighted by Gasteiger charge is -2.25. The van der Waals surface area contributed by atoms with Crippen molar-refractivity contribution in [1.29, 1.82) is 0 Å². The van der Waals surface area contributed by atoms with Crippen LogP contribution < -0.4 is 11.1 Å². The van der Waals surface area contributed by atoms with Gasteiger partial charge in [-0.1, -0.05) is 6.07 Å². The molecule has 6 nitrogen and oxygen atoms in total. The highest BCUT2D eigenvalue weighted by Gasteiger charge is 2.22. The zero-order chi connectivity index (χ0) is 14.8. The summed E-state index contributed by atoms with van der Waals surface area (Å²) in [5, 5.41) is 3.31. The Morgan fingerprint density at radius 3 is 2.55 bits per heavy atom. The third-order valence-corrected chi connectivity index (χ3v) is 5.28. The molecule has 1 aliphatic rings. The van der Waals surface area contributed by atoms with E-state index in [-0.39, 0.29) is 16.6 Å². The van der Waals surface area contributed by atoms with Gasteiger partial charge in [0.2, 0.25) is 10.0 Å². The van der Waals surface area contributed by atoms with E-state index in [9.17, 15) is 8.42 Å². The summed E-state index contributed by atoms with van der Waals surface area (Å²) in [5.74, 6) is 0. The molecule has 1 aliphatic heterocycles. The van der Waals surface area contributed by atoms with Gasteiger partial charge in [-0.05, 0) is 25.0 Å². The summed E-state index contributed by atoms with van der Waals surface area (Å²) >= 11 is 0. The van der Waals surface area contributed by atoms with E-state index in [1.165, 1.54) is 20.2 Å². The lowest BCUT2D eigenvalue weighted by atomic mass is 10.1. The average Bonchev–Trinajstić information content (AvgIpc) is 2.42. The van der Waals surface area contributed by atoms with E-state index in [4.69, 9.17) is 10.5 Å². The Morgan fingerprint density at radius 2 is 1.95 bits per heavy atom. The number of nitrogens with one attached hydrogen (secondary N) is 1. The molecule has 0 aromatic heterocycles. The SMILES string of the molecule is CN(C)S(=O)(=O)c1cccc(NC2CCOCC2)c1N. The second kappa shape index (κ2) is 5.99. The van der Waals surface area contributed by atoms with E-state index in [0.29, 0.717) is 18.9 Å². The molecular formula is C13H21N3O3S. The van der Waals surface area contributed by atoms with Crippen LogP contribution in [-0.2, 0) is 14.8 Å². The van der Waals surface area contributed by atoms with Crippen LogP contribution in [0.4, 0.5) is 11.4 Å². The quantitative estimate of drug-likeness (QED) is 0.814. The summed E-state index contributed by atoms with van der Waals surface area (Å²) in [5.41, 5.74) is 6.96. The van der Waals surface area contributed by atoms with Gasteiger partial charge in [0.05, 0.1) is 11.4 Å². The van der Waals surface area contributed by atoms with Crippen molar-refractivity contribution >= 4 is 21.4 Å². The molecule has 2 rings (SSSR count). The van der Waals surface area contributed by atoms with E-state index < -0.39 is 10.0 Å². The fraction of sp³-hybridized carbons (Fsp3) is 0.538. The molecule has 7 heteroatoms. The molecule has 1 aromatic carbocycles. The molecule has 0 aliphatic carbocycles. The third kappa shape index (κ3) is 3.05. The first-order valence-corrected chi connectivity index (χ1v) is 8.02. The summed E-state index contributed by atoms with van der Waals surface area (Å²) in [6.07, 6.45) is 1.79. The Balaban J connectivity index is 2.27. The minimum Gasteiger partial charge on any atom is -0.396 e. The molecule has 3 N–H and O–H groups in total.